The maximum absolute atomic E-state index is 13.6. The van der Waals surface area contributed by atoms with Gasteiger partial charge in [-0.25, -0.2) is 23.1 Å². The minimum atomic E-state index is -1.40. The van der Waals surface area contributed by atoms with Crippen LogP contribution in [0, 0.1) is 0 Å². The third kappa shape index (κ3) is 12.4. The number of rotatable bonds is 11. The van der Waals surface area contributed by atoms with E-state index in [-0.39, 0.29) is 25.2 Å². The number of alkyl carbamates (subject to hydrolysis) is 1. The fourth-order valence-electron chi connectivity index (χ4n) is 4.24. The van der Waals surface area contributed by atoms with Crippen LogP contribution in [-0.2, 0) is 27.0 Å². The van der Waals surface area contributed by atoms with Crippen molar-refractivity contribution in [1.29, 1.82) is 0 Å². The van der Waals surface area contributed by atoms with Crippen LogP contribution < -0.4 is 20.3 Å². The zero-order valence-electron chi connectivity index (χ0n) is 28.0. The molecule has 0 aliphatic carbocycles. The van der Waals surface area contributed by atoms with E-state index in [1.165, 1.54) is 15.5 Å². The molecule has 0 saturated carbocycles. The highest BCUT2D eigenvalue weighted by Crippen LogP contribution is 2.26. The Hall–Kier alpha value is -3.40. The van der Waals surface area contributed by atoms with Crippen LogP contribution in [0.2, 0.25) is 0 Å². The molecule has 3 N–H and O–H groups in total. The van der Waals surface area contributed by atoms with Gasteiger partial charge in [0.1, 0.15) is 28.0 Å². The van der Waals surface area contributed by atoms with Crippen LogP contribution in [-0.4, -0.2) is 100 Å². The highest BCUT2D eigenvalue weighted by Gasteiger charge is 2.25. The third-order valence-corrected chi connectivity index (χ3v) is 8.44. The van der Waals surface area contributed by atoms with Crippen LogP contribution >= 0.6 is 11.9 Å². The summed E-state index contributed by atoms with van der Waals surface area (Å²) < 4.78 is 27.1. The number of hydrogen-bond acceptors (Lipinski definition) is 10. The van der Waals surface area contributed by atoms with E-state index in [2.05, 4.69) is 25.2 Å². The van der Waals surface area contributed by atoms with Gasteiger partial charge >= 0.3 is 12.2 Å². The number of anilines is 2. The van der Waals surface area contributed by atoms with Gasteiger partial charge in [0.15, 0.2) is 0 Å². The minimum Gasteiger partial charge on any atom is -0.444 e. The number of ether oxygens (including phenoxy) is 2. The van der Waals surface area contributed by atoms with E-state index in [1.807, 2.05) is 6.07 Å². The zero-order chi connectivity index (χ0) is 34.1. The lowest BCUT2D eigenvalue weighted by molar-refractivity contribution is 0.0224. The molecule has 0 bridgehead atoms. The van der Waals surface area contributed by atoms with Gasteiger partial charge in [0.2, 0.25) is 0 Å². The summed E-state index contributed by atoms with van der Waals surface area (Å²) in [6, 6.07) is 8.76. The van der Waals surface area contributed by atoms with Gasteiger partial charge in [-0.05, 0) is 83.3 Å². The van der Waals surface area contributed by atoms with Gasteiger partial charge < -0.3 is 30.3 Å². The summed E-state index contributed by atoms with van der Waals surface area (Å²) >= 11 is 1.63. The molecule has 1 unspecified atom stereocenters. The Morgan fingerprint density at radius 1 is 1.04 bits per heavy atom. The first kappa shape index (κ1) is 37.1. The van der Waals surface area contributed by atoms with Gasteiger partial charge in [-0.15, -0.1) is 0 Å². The summed E-state index contributed by atoms with van der Waals surface area (Å²) in [4.78, 5) is 45.8. The molecular formula is C31H47N7O6S2. The number of nitrogens with one attached hydrogen (secondary N) is 3. The molecule has 0 radical (unpaired) electrons. The number of aromatic nitrogens is 1. The number of pyridine rings is 1. The predicted molar refractivity (Wildman–Crippen MR) is 182 cm³/mol. The molecule has 13 nitrogen and oxygen atoms in total. The summed E-state index contributed by atoms with van der Waals surface area (Å²) in [7, 11) is 0.232. The van der Waals surface area contributed by atoms with Crippen molar-refractivity contribution in [3.8, 4) is 0 Å². The normalized spacial score (nSPS) is 14.6. The van der Waals surface area contributed by atoms with Crippen molar-refractivity contribution in [2.45, 2.75) is 64.2 Å². The fraction of sp³-hybridized carbons (Fsp3) is 0.548. The molecule has 1 aromatic carbocycles. The standard InChI is InChI=1S/C31H47N7O6S2/c1-30(2,3)43-28(40)33-15-16-37(29(41)44-31(4,5)6)21-22-9-11-25(36(7)46(8)42)24(19-22)27(39)35-26-12-10-23(20-34-26)45-38-17-13-32-14-18-38/h9-12,19-20,32H,13-18,21H2,1-8H3,(H,33,40)(H,34,35,39). The first-order valence-electron chi connectivity index (χ1n) is 15.1. The molecule has 3 amide bonds. The van der Waals surface area contributed by atoms with Gasteiger partial charge in [-0.1, -0.05) is 6.07 Å². The Morgan fingerprint density at radius 3 is 2.30 bits per heavy atom. The molecule has 1 aliphatic heterocycles. The number of amides is 3. The van der Waals surface area contributed by atoms with E-state index in [0.29, 0.717) is 17.1 Å². The average Bonchev–Trinajstić information content (AvgIpc) is 2.96. The van der Waals surface area contributed by atoms with Crippen molar-refractivity contribution < 1.29 is 28.1 Å². The first-order chi connectivity index (χ1) is 21.5. The van der Waals surface area contributed by atoms with Gasteiger partial charge in [0.05, 0.1) is 11.3 Å². The van der Waals surface area contributed by atoms with Crippen LogP contribution in [0.4, 0.5) is 21.1 Å². The molecule has 15 heteroatoms. The molecule has 0 spiro atoms. The van der Waals surface area contributed by atoms with E-state index in [4.69, 9.17) is 9.47 Å². The minimum absolute atomic E-state index is 0.0839. The topological polar surface area (TPSA) is 145 Å². The van der Waals surface area contributed by atoms with Gasteiger partial charge in [-0.2, -0.15) is 0 Å². The highest BCUT2D eigenvalue weighted by atomic mass is 32.2. The first-order valence-corrected chi connectivity index (χ1v) is 17.4. The Morgan fingerprint density at radius 2 is 1.72 bits per heavy atom. The summed E-state index contributed by atoms with van der Waals surface area (Å²) in [6.07, 6.45) is 2.06. The second-order valence-electron chi connectivity index (χ2n) is 12.7. The number of nitrogens with zero attached hydrogens (tertiary/aromatic N) is 4. The van der Waals surface area contributed by atoms with E-state index in [9.17, 15) is 18.6 Å². The summed E-state index contributed by atoms with van der Waals surface area (Å²) in [6.45, 7) is 14.7. The Labute approximate surface area is 278 Å². The number of hydrogen-bond donors (Lipinski definition) is 3. The van der Waals surface area contributed by atoms with Crippen LogP contribution in [0.3, 0.4) is 0 Å². The molecule has 1 atom stereocenters. The summed E-state index contributed by atoms with van der Waals surface area (Å²) in [5.74, 6) is -0.0746. The van der Waals surface area contributed by atoms with E-state index < -0.39 is 40.3 Å². The highest BCUT2D eigenvalue weighted by molar-refractivity contribution is 7.97. The van der Waals surface area contributed by atoms with E-state index in [0.717, 1.165) is 31.1 Å². The molecule has 46 heavy (non-hydrogen) atoms. The van der Waals surface area contributed by atoms with E-state index >= 15 is 0 Å². The van der Waals surface area contributed by atoms with Crippen molar-refractivity contribution in [3.63, 3.8) is 0 Å². The molecule has 2 heterocycles. The second kappa shape index (κ2) is 16.4. The van der Waals surface area contributed by atoms with Crippen molar-refractivity contribution in [2.24, 2.45) is 0 Å². The lowest BCUT2D eigenvalue weighted by Gasteiger charge is -2.28. The average molecular weight is 678 g/mol. The number of carbonyl (C=O) groups excluding carboxylic acids is 3. The van der Waals surface area contributed by atoms with Crippen LogP contribution in [0.1, 0.15) is 57.5 Å². The maximum atomic E-state index is 13.6. The van der Waals surface area contributed by atoms with Crippen LogP contribution in [0.5, 0.6) is 0 Å². The molecule has 1 aromatic heterocycles. The van der Waals surface area contributed by atoms with Gasteiger partial charge in [-0.3, -0.25) is 9.10 Å². The number of piperazine rings is 1. The Balaban J connectivity index is 1.80. The predicted octanol–water partition coefficient (Wildman–Crippen LogP) is 4.24. The van der Waals surface area contributed by atoms with Crippen LogP contribution in [0.25, 0.3) is 0 Å². The van der Waals surface area contributed by atoms with Crippen molar-refractivity contribution >= 4 is 52.5 Å². The van der Waals surface area contributed by atoms with Crippen LogP contribution in [0.15, 0.2) is 41.4 Å². The SMILES string of the molecule is CN(c1ccc(CN(CCNC(=O)OC(C)(C)C)C(=O)OC(C)(C)C)cc1C(=O)Nc1ccc(SN2CCNCC2)cn1)S(C)=O. The molecule has 1 aliphatic rings. The lowest BCUT2D eigenvalue weighted by Crippen LogP contribution is -2.42. The van der Waals surface area contributed by atoms with Gasteiger partial charge in [0.25, 0.3) is 5.91 Å². The van der Waals surface area contributed by atoms with E-state index in [1.54, 1.807) is 91.0 Å². The maximum Gasteiger partial charge on any atom is 0.410 e. The Kier molecular flexibility index (Phi) is 13.2. The lowest BCUT2D eigenvalue weighted by atomic mass is 10.1. The molecular weight excluding hydrogens is 631 g/mol. The molecule has 2 aromatic rings. The molecule has 1 saturated heterocycles. The van der Waals surface area contributed by atoms with Crippen molar-refractivity contribution in [1.82, 2.24) is 24.8 Å². The van der Waals surface area contributed by atoms with Crippen molar-refractivity contribution in [3.05, 3.63) is 47.7 Å². The summed E-state index contributed by atoms with van der Waals surface area (Å²) in [5, 5.41) is 8.84. The zero-order valence-corrected chi connectivity index (χ0v) is 29.6. The largest absolute Gasteiger partial charge is 0.444 e. The molecule has 3 rings (SSSR count). The quantitative estimate of drug-likeness (QED) is 0.296. The fourth-order valence-corrected chi connectivity index (χ4v) is 5.57. The number of benzene rings is 1. The second-order valence-corrected chi connectivity index (χ2v) is 15.3. The molecule has 1 fully saturated rings. The number of carbonyl (C=O) groups is 3. The molecule has 254 valence electrons. The van der Waals surface area contributed by atoms with Crippen molar-refractivity contribution in [2.75, 3.05) is 62.2 Å². The smallest absolute Gasteiger partial charge is 0.410 e. The Bertz CT molecular complexity index is 1370. The summed E-state index contributed by atoms with van der Waals surface area (Å²) in [5.41, 5.74) is -0.0773. The van der Waals surface area contributed by atoms with Gasteiger partial charge in [0, 0.05) is 70.2 Å². The monoisotopic (exact) mass is 677 g/mol. The third-order valence-electron chi connectivity index (χ3n) is 6.39.